The van der Waals surface area contributed by atoms with Gasteiger partial charge < -0.3 is 25.9 Å². The number of aromatic nitrogens is 4. The second kappa shape index (κ2) is 14.5. The van der Waals surface area contributed by atoms with E-state index in [9.17, 15) is 14.4 Å². The first kappa shape index (κ1) is 28.3. The van der Waals surface area contributed by atoms with Gasteiger partial charge in [0.05, 0.1) is 19.8 Å². The average molecular weight is 501 g/mol. The number of unbranched alkanes of at least 4 members (excludes halogenated alkanes) is 3. The molecule has 0 radical (unpaired) electrons. The number of carbonyl (C=O) groups excluding carboxylic acids is 2. The van der Waals surface area contributed by atoms with Crippen LogP contribution < -0.4 is 21.9 Å². The van der Waals surface area contributed by atoms with Gasteiger partial charge in [-0.25, -0.2) is 4.79 Å². The molecule has 5 N–H and O–H groups in total. The molecule has 11 nitrogen and oxygen atoms in total. The standard InChI is InChI=1S/C17H20N6O3.C8H16O2/c1-2-3-8-26-16-21-13(18)12-15(22-16)23(17(25)20-12)9-10-4-6-11(7-5-10)14(19)24;1-3-5-6-7-8(9)10-4-2/h4-7H,2-3,8-9H2,1H3,(H2,19,24)(H,20,25)(H2,18,21,22);3-7H2,1-2H3. The van der Waals surface area contributed by atoms with Crippen molar-refractivity contribution in [1.29, 1.82) is 0 Å². The fraction of sp³-hybridized carbons (Fsp3) is 0.480. The number of benzene rings is 1. The highest BCUT2D eigenvalue weighted by atomic mass is 16.5. The molecule has 0 atom stereocenters. The molecule has 0 bridgehead atoms. The third kappa shape index (κ3) is 8.40. The molecule has 1 amide bonds. The monoisotopic (exact) mass is 500 g/mol. The van der Waals surface area contributed by atoms with Gasteiger partial charge in [0.2, 0.25) is 5.91 Å². The Bertz CT molecular complexity index is 1190. The van der Waals surface area contributed by atoms with E-state index >= 15 is 0 Å². The van der Waals surface area contributed by atoms with Crippen molar-refractivity contribution in [2.75, 3.05) is 18.9 Å². The number of rotatable bonds is 12. The normalized spacial score (nSPS) is 10.5. The number of H-pyrrole nitrogens is 1. The Balaban J connectivity index is 0.000000388. The quantitative estimate of drug-likeness (QED) is 0.252. The van der Waals surface area contributed by atoms with Crippen molar-refractivity contribution in [1.82, 2.24) is 19.5 Å². The molecular weight excluding hydrogens is 464 g/mol. The number of nitrogen functional groups attached to an aromatic ring is 1. The number of ether oxygens (including phenoxy) is 2. The molecule has 3 rings (SSSR count). The number of anilines is 1. The highest BCUT2D eigenvalue weighted by Gasteiger charge is 2.15. The number of nitrogens with zero attached hydrogens (tertiary/aromatic N) is 3. The van der Waals surface area contributed by atoms with Crippen LogP contribution in [0.3, 0.4) is 0 Å². The lowest BCUT2D eigenvalue weighted by Crippen LogP contribution is -2.18. The number of primary amides is 1. The van der Waals surface area contributed by atoms with Crippen LogP contribution in [0.4, 0.5) is 5.82 Å². The van der Waals surface area contributed by atoms with Crippen molar-refractivity contribution in [3.05, 3.63) is 45.9 Å². The second-order valence-corrected chi connectivity index (χ2v) is 8.13. The largest absolute Gasteiger partial charge is 0.466 e. The van der Waals surface area contributed by atoms with Gasteiger partial charge in [-0.3, -0.25) is 14.2 Å². The fourth-order valence-electron chi connectivity index (χ4n) is 3.26. The Hall–Kier alpha value is -3.89. The zero-order valence-corrected chi connectivity index (χ0v) is 21.2. The average Bonchev–Trinajstić information content (AvgIpc) is 3.16. The summed E-state index contributed by atoms with van der Waals surface area (Å²) >= 11 is 0. The number of carbonyl (C=O) groups is 2. The van der Waals surface area contributed by atoms with Gasteiger partial charge in [-0.15, -0.1) is 0 Å². The molecule has 1 aromatic carbocycles. The summed E-state index contributed by atoms with van der Waals surface area (Å²) in [5.41, 5.74) is 12.8. The summed E-state index contributed by atoms with van der Waals surface area (Å²) in [5.74, 6) is -0.410. The van der Waals surface area contributed by atoms with E-state index < -0.39 is 5.91 Å². The van der Waals surface area contributed by atoms with Crippen LogP contribution >= 0.6 is 0 Å². The molecule has 0 aliphatic carbocycles. The lowest BCUT2D eigenvalue weighted by molar-refractivity contribution is -0.143. The molecule has 0 aliphatic heterocycles. The molecule has 0 aliphatic rings. The molecule has 36 heavy (non-hydrogen) atoms. The second-order valence-electron chi connectivity index (χ2n) is 8.13. The van der Waals surface area contributed by atoms with Crippen molar-refractivity contribution < 1.29 is 19.1 Å². The van der Waals surface area contributed by atoms with Crippen LogP contribution in [0.15, 0.2) is 29.1 Å². The van der Waals surface area contributed by atoms with E-state index in [2.05, 4.69) is 28.8 Å². The van der Waals surface area contributed by atoms with Gasteiger partial charge >= 0.3 is 17.7 Å². The van der Waals surface area contributed by atoms with Gasteiger partial charge in [-0.1, -0.05) is 45.2 Å². The zero-order chi connectivity index (χ0) is 26.5. The minimum absolute atomic E-state index is 0.0593. The molecular formula is C25H36N6O5. The first-order valence-corrected chi connectivity index (χ1v) is 12.2. The van der Waals surface area contributed by atoms with E-state index in [1.807, 2.05) is 6.92 Å². The third-order valence-corrected chi connectivity index (χ3v) is 5.23. The summed E-state index contributed by atoms with van der Waals surface area (Å²) in [7, 11) is 0. The maximum Gasteiger partial charge on any atom is 0.328 e. The van der Waals surface area contributed by atoms with E-state index in [1.165, 1.54) is 4.57 Å². The summed E-state index contributed by atoms with van der Waals surface area (Å²) in [6.45, 7) is 7.23. The number of imidazole rings is 1. The highest BCUT2D eigenvalue weighted by Crippen LogP contribution is 2.19. The Kier molecular flexibility index (Phi) is 11.4. The van der Waals surface area contributed by atoms with Crippen LogP contribution in [0.25, 0.3) is 11.2 Å². The van der Waals surface area contributed by atoms with Crippen LogP contribution in [-0.4, -0.2) is 44.6 Å². The van der Waals surface area contributed by atoms with Crippen molar-refractivity contribution >= 4 is 28.9 Å². The number of esters is 1. The smallest absolute Gasteiger partial charge is 0.328 e. The molecule has 196 valence electrons. The van der Waals surface area contributed by atoms with E-state index in [0.717, 1.165) is 37.7 Å². The molecule has 2 aromatic heterocycles. The van der Waals surface area contributed by atoms with Gasteiger partial charge in [-0.2, -0.15) is 9.97 Å². The van der Waals surface area contributed by atoms with Crippen molar-refractivity contribution in [2.24, 2.45) is 5.73 Å². The summed E-state index contributed by atoms with van der Waals surface area (Å²) in [6.07, 6.45) is 5.68. The van der Waals surface area contributed by atoms with Gasteiger partial charge in [0, 0.05) is 12.0 Å². The summed E-state index contributed by atoms with van der Waals surface area (Å²) in [4.78, 5) is 45.2. The predicted molar refractivity (Wildman–Crippen MR) is 138 cm³/mol. The van der Waals surface area contributed by atoms with Crippen LogP contribution in [0, 0.1) is 0 Å². The van der Waals surface area contributed by atoms with Crippen LogP contribution in [-0.2, 0) is 16.1 Å². The van der Waals surface area contributed by atoms with Crippen molar-refractivity contribution in [2.45, 2.75) is 65.8 Å². The molecule has 3 aromatic rings. The summed E-state index contributed by atoms with van der Waals surface area (Å²) in [6, 6.07) is 6.82. The van der Waals surface area contributed by atoms with E-state index in [1.54, 1.807) is 24.3 Å². The zero-order valence-electron chi connectivity index (χ0n) is 21.2. The molecule has 0 saturated carbocycles. The molecule has 0 spiro atoms. The number of fused-ring (bicyclic) bond motifs is 1. The molecule has 0 unspecified atom stereocenters. The van der Waals surface area contributed by atoms with Gasteiger partial charge in [-0.05, 0) is 37.5 Å². The van der Waals surface area contributed by atoms with Gasteiger partial charge in [0.1, 0.15) is 5.52 Å². The number of aromatic amines is 1. The Morgan fingerprint density at radius 1 is 1.03 bits per heavy atom. The minimum Gasteiger partial charge on any atom is -0.466 e. The van der Waals surface area contributed by atoms with Gasteiger partial charge in [0.15, 0.2) is 11.5 Å². The van der Waals surface area contributed by atoms with Crippen LogP contribution in [0.5, 0.6) is 6.01 Å². The van der Waals surface area contributed by atoms with E-state index in [-0.39, 0.29) is 30.0 Å². The van der Waals surface area contributed by atoms with E-state index in [0.29, 0.717) is 36.4 Å². The number of hydrogen-bond acceptors (Lipinski definition) is 8. The Morgan fingerprint density at radius 2 is 1.72 bits per heavy atom. The van der Waals surface area contributed by atoms with Gasteiger partial charge in [0.25, 0.3) is 0 Å². The predicted octanol–water partition coefficient (Wildman–Crippen LogP) is 3.16. The molecule has 0 saturated heterocycles. The Morgan fingerprint density at radius 3 is 2.33 bits per heavy atom. The van der Waals surface area contributed by atoms with Crippen LogP contribution in [0.2, 0.25) is 0 Å². The first-order chi connectivity index (χ1) is 17.3. The topological polar surface area (TPSA) is 168 Å². The SMILES string of the molecule is CCCCCC(=O)OCC.CCCCOc1nc(N)c2[nH]c(=O)n(Cc3ccc(C(N)=O)cc3)c2n1. The van der Waals surface area contributed by atoms with Crippen molar-refractivity contribution in [3.8, 4) is 6.01 Å². The lowest BCUT2D eigenvalue weighted by Gasteiger charge is -2.07. The third-order valence-electron chi connectivity index (χ3n) is 5.23. The van der Waals surface area contributed by atoms with Crippen molar-refractivity contribution in [3.63, 3.8) is 0 Å². The maximum absolute atomic E-state index is 12.3. The minimum atomic E-state index is -0.504. The summed E-state index contributed by atoms with van der Waals surface area (Å²) in [5, 5.41) is 0. The number of amides is 1. The number of nitrogens with two attached hydrogens (primary N) is 2. The molecule has 11 heteroatoms. The molecule has 2 heterocycles. The van der Waals surface area contributed by atoms with Crippen LogP contribution in [0.1, 0.15) is 75.2 Å². The number of hydrogen-bond donors (Lipinski definition) is 3. The fourth-order valence-corrected chi connectivity index (χ4v) is 3.26. The maximum atomic E-state index is 12.3. The first-order valence-electron chi connectivity index (χ1n) is 12.2. The highest BCUT2D eigenvalue weighted by molar-refractivity contribution is 5.92. The molecule has 0 fully saturated rings. The Labute approximate surface area is 210 Å². The van der Waals surface area contributed by atoms with E-state index in [4.69, 9.17) is 20.9 Å². The lowest BCUT2D eigenvalue weighted by atomic mass is 10.1. The summed E-state index contributed by atoms with van der Waals surface area (Å²) < 4.78 is 11.7. The number of nitrogens with one attached hydrogen (secondary N) is 1.